The minimum absolute atomic E-state index is 0.207. The van der Waals surface area contributed by atoms with E-state index in [-0.39, 0.29) is 5.56 Å². The number of carbonyl (C=O) groups is 1. The SMILES string of the molecule is Cc1c(N)cccc1C(=O)c1c(F)cccc1F. The molecule has 0 radical (unpaired) electrons. The second-order valence-corrected chi connectivity index (χ2v) is 3.95. The molecule has 0 saturated carbocycles. The van der Waals surface area contributed by atoms with Crippen LogP contribution in [0.25, 0.3) is 0 Å². The van der Waals surface area contributed by atoms with Gasteiger partial charge in [-0.05, 0) is 30.7 Å². The highest BCUT2D eigenvalue weighted by Gasteiger charge is 2.20. The van der Waals surface area contributed by atoms with Crippen LogP contribution in [0.1, 0.15) is 21.5 Å². The van der Waals surface area contributed by atoms with Crippen LogP contribution in [0.2, 0.25) is 0 Å². The summed E-state index contributed by atoms with van der Waals surface area (Å²) < 4.78 is 27.1. The maximum atomic E-state index is 13.5. The van der Waals surface area contributed by atoms with E-state index in [1.807, 2.05) is 0 Å². The number of hydrogen-bond acceptors (Lipinski definition) is 2. The van der Waals surface area contributed by atoms with Gasteiger partial charge in [-0.15, -0.1) is 0 Å². The summed E-state index contributed by atoms with van der Waals surface area (Å²) in [5, 5.41) is 0. The Labute approximate surface area is 103 Å². The Hall–Kier alpha value is -2.23. The number of nitrogens with two attached hydrogens (primary N) is 1. The van der Waals surface area contributed by atoms with Gasteiger partial charge in [0.2, 0.25) is 0 Å². The quantitative estimate of drug-likeness (QED) is 0.654. The zero-order valence-corrected chi connectivity index (χ0v) is 9.71. The lowest BCUT2D eigenvalue weighted by Gasteiger charge is -2.08. The Morgan fingerprint density at radius 1 is 1.06 bits per heavy atom. The maximum Gasteiger partial charge on any atom is 0.199 e. The van der Waals surface area contributed by atoms with Gasteiger partial charge in [-0.25, -0.2) is 8.78 Å². The van der Waals surface area contributed by atoms with Gasteiger partial charge in [0.1, 0.15) is 11.6 Å². The molecular weight excluding hydrogens is 236 g/mol. The van der Waals surface area contributed by atoms with Gasteiger partial charge < -0.3 is 5.73 Å². The van der Waals surface area contributed by atoms with Crippen molar-refractivity contribution in [1.29, 1.82) is 0 Å². The lowest BCUT2D eigenvalue weighted by Crippen LogP contribution is -2.10. The molecule has 0 fully saturated rings. The zero-order chi connectivity index (χ0) is 13.3. The van der Waals surface area contributed by atoms with Crippen LogP contribution in [0.15, 0.2) is 36.4 Å². The van der Waals surface area contributed by atoms with Crippen molar-refractivity contribution in [3.05, 3.63) is 64.7 Å². The van der Waals surface area contributed by atoms with Crippen molar-refractivity contribution in [2.75, 3.05) is 5.73 Å². The first kappa shape index (κ1) is 12.2. The molecule has 0 bridgehead atoms. The molecular formula is C14H11F2NO. The van der Waals surface area contributed by atoms with E-state index in [1.165, 1.54) is 12.1 Å². The van der Waals surface area contributed by atoms with Gasteiger partial charge >= 0.3 is 0 Å². The van der Waals surface area contributed by atoms with Crippen molar-refractivity contribution in [3.8, 4) is 0 Å². The summed E-state index contributed by atoms with van der Waals surface area (Å²) in [7, 11) is 0. The molecule has 0 aliphatic carbocycles. The van der Waals surface area contributed by atoms with Crippen LogP contribution >= 0.6 is 0 Å². The van der Waals surface area contributed by atoms with E-state index in [0.29, 0.717) is 11.3 Å². The van der Waals surface area contributed by atoms with E-state index < -0.39 is 23.0 Å². The van der Waals surface area contributed by atoms with Gasteiger partial charge in [0.25, 0.3) is 0 Å². The van der Waals surface area contributed by atoms with E-state index in [1.54, 1.807) is 19.1 Å². The van der Waals surface area contributed by atoms with E-state index >= 15 is 0 Å². The Morgan fingerprint density at radius 3 is 2.22 bits per heavy atom. The number of halogens is 2. The highest BCUT2D eigenvalue weighted by molar-refractivity contribution is 6.10. The molecule has 2 N–H and O–H groups in total. The molecule has 4 heteroatoms. The van der Waals surface area contributed by atoms with Crippen LogP contribution in [-0.2, 0) is 0 Å². The van der Waals surface area contributed by atoms with Gasteiger partial charge in [-0.3, -0.25) is 4.79 Å². The molecule has 0 aliphatic heterocycles. The molecule has 0 heterocycles. The zero-order valence-electron chi connectivity index (χ0n) is 9.71. The molecule has 0 saturated heterocycles. The summed E-state index contributed by atoms with van der Waals surface area (Å²) in [5.74, 6) is -2.45. The number of rotatable bonds is 2. The number of carbonyl (C=O) groups excluding carboxylic acids is 1. The summed E-state index contributed by atoms with van der Waals surface area (Å²) in [5.41, 5.74) is 6.26. The van der Waals surface area contributed by atoms with Crippen molar-refractivity contribution in [2.24, 2.45) is 0 Å². The molecule has 0 spiro atoms. The summed E-state index contributed by atoms with van der Waals surface area (Å²) in [6.45, 7) is 1.64. The molecule has 2 rings (SSSR count). The standard InChI is InChI=1S/C14H11F2NO/c1-8-9(4-2-7-12(8)17)14(18)13-10(15)5-3-6-11(13)16/h2-7H,17H2,1H3. The van der Waals surface area contributed by atoms with E-state index in [0.717, 1.165) is 12.1 Å². The number of anilines is 1. The summed E-state index contributed by atoms with van der Waals surface area (Å²) in [4.78, 5) is 12.1. The second kappa shape index (κ2) is 4.56. The largest absolute Gasteiger partial charge is 0.398 e. The lowest BCUT2D eigenvalue weighted by atomic mass is 9.97. The third-order valence-electron chi connectivity index (χ3n) is 2.81. The van der Waals surface area contributed by atoms with Crippen LogP contribution in [0, 0.1) is 18.6 Å². The molecule has 2 aromatic carbocycles. The summed E-state index contributed by atoms with van der Waals surface area (Å²) in [6, 6.07) is 8.03. The number of ketones is 1. The van der Waals surface area contributed by atoms with Crippen molar-refractivity contribution in [2.45, 2.75) is 6.92 Å². The first-order valence-corrected chi connectivity index (χ1v) is 5.36. The van der Waals surface area contributed by atoms with Gasteiger partial charge in [0.05, 0.1) is 5.56 Å². The Bertz CT molecular complexity index is 603. The average Bonchev–Trinajstić information content (AvgIpc) is 2.32. The predicted octanol–water partition coefficient (Wildman–Crippen LogP) is 3.09. The van der Waals surface area contributed by atoms with Crippen molar-refractivity contribution in [3.63, 3.8) is 0 Å². The molecule has 92 valence electrons. The first-order chi connectivity index (χ1) is 8.52. The van der Waals surface area contributed by atoms with Gasteiger partial charge in [0, 0.05) is 11.3 Å². The molecule has 2 aromatic rings. The number of benzene rings is 2. The van der Waals surface area contributed by atoms with Gasteiger partial charge in [0.15, 0.2) is 5.78 Å². The molecule has 0 amide bonds. The molecule has 2 nitrogen and oxygen atoms in total. The van der Waals surface area contributed by atoms with E-state index in [4.69, 9.17) is 5.73 Å². The topological polar surface area (TPSA) is 43.1 Å². The molecule has 18 heavy (non-hydrogen) atoms. The maximum absolute atomic E-state index is 13.5. The van der Waals surface area contributed by atoms with Crippen molar-refractivity contribution < 1.29 is 13.6 Å². The summed E-state index contributed by atoms with van der Waals surface area (Å²) in [6.07, 6.45) is 0. The highest BCUT2D eigenvalue weighted by Crippen LogP contribution is 2.22. The lowest BCUT2D eigenvalue weighted by molar-refractivity contribution is 0.103. The molecule has 0 atom stereocenters. The fourth-order valence-corrected chi connectivity index (χ4v) is 1.75. The van der Waals surface area contributed by atoms with Gasteiger partial charge in [-0.1, -0.05) is 18.2 Å². The predicted molar refractivity (Wildman–Crippen MR) is 65.4 cm³/mol. The summed E-state index contributed by atoms with van der Waals surface area (Å²) >= 11 is 0. The molecule has 0 aromatic heterocycles. The van der Waals surface area contributed by atoms with Crippen molar-refractivity contribution in [1.82, 2.24) is 0 Å². The van der Waals surface area contributed by atoms with E-state index in [2.05, 4.69) is 0 Å². The van der Waals surface area contributed by atoms with Crippen LogP contribution in [0.5, 0.6) is 0 Å². The van der Waals surface area contributed by atoms with Crippen LogP contribution in [0.3, 0.4) is 0 Å². The highest BCUT2D eigenvalue weighted by atomic mass is 19.1. The minimum atomic E-state index is -0.873. The second-order valence-electron chi connectivity index (χ2n) is 3.95. The third-order valence-corrected chi connectivity index (χ3v) is 2.81. The Balaban J connectivity index is 2.59. The van der Waals surface area contributed by atoms with Crippen LogP contribution < -0.4 is 5.73 Å². The third kappa shape index (κ3) is 1.97. The van der Waals surface area contributed by atoms with E-state index in [9.17, 15) is 13.6 Å². The smallest absolute Gasteiger partial charge is 0.199 e. The normalized spacial score (nSPS) is 10.4. The monoisotopic (exact) mass is 247 g/mol. The number of nitrogen functional groups attached to an aromatic ring is 1. The Kier molecular flexibility index (Phi) is 3.10. The minimum Gasteiger partial charge on any atom is -0.398 e. The first-order valence-electron chi connectivity index (χ1n) is 5.36. The Morgan fingerprint density at radius 2 is 1.61 bits per heavy atom. The van der Waals surface area contributed by atoms with Crippen molar-refractivity contribution >= 4 is 11.5 Å². The van der Waals surface area contributed by atoms with Gasteiger partial charge in [-0.2, -0.15) is 0 Å². The average molecular weight is 247 g/mol. The molecule has 0 unspecified atom stereocenters. The fourth-order valence-electron chi connectivity index (χ4n) is 1.75. The number of hydrogen-bond donors (Lipinski definition) is 1. The fraction of sp³-hybridized carbons (Fsp3) is 0.0714. The van der Waals surface area contributed by atoms with Crippen LogP contribution in [-0.4, -0.2) is 5.78 Å². The van der Waals surface area contributed by atoms with Crippen LogP contribution in [0.4, 0.5) is 14.5 Å². The molecule has 0 aliphatic rings.